The van der Waals surface area contributed by atoms with Crippen LogP contribution in [0.3, 0.4) is 0 Å². The van der Waals surface area contributed by atoms with E-state index in [1.54, 1.807) is 0 Å². The Balaban J connectivity index is 1.99. The first-order chi connectivity index (χ1) is 7.75. The predicted octanol–water partition coefficient (Wildman–Crippen LogP) is 2.74. The molecule has 1 fully saturated rings. The van der Waals surface area contributed by atoms with Crippen LogP contribution in [0.4, 0.5) is 0 Å². The van der Waals surface area contributed by atoms with Crippen molar-refractivity contribution in [1.82, 2.24) is 15.1 Å². The van der Waals surface area contributed by atoms with Gasteiger partial charge in [-0.15, -0.1) is 0 Å². The van der Waals surface area contributed by atoms with Crippen LogP contribution < -0.4 is 5.32 Å². The number of rotatable bonds is 3. The molecule has 0 radical (unpaired) electrons. The van der Waals surface area contributed by atoms with Gasteiger partial charge in [0, 0.05) is 24.3 Å². The predicted molar refractivity (Wildman–Crippen MR) is 66.3 cm³/mol. The van der Waals surface area contributed by atoms with Gasteiger partial charge in [0.2, 0.25) is 0 Å². The van der Waals surface area contributed by atoms with E-state index in [1.807, 2.05) is 6.20 Å². The molecule has 0 bridgehead atoms. The van der Waals surface area contributed by atoms with Gasteiger partial charge in [-0.2, -0.15) is 5.10 Å². The molecule has 0 aliphatic carbocycles. The van der Waals surface area contributed by atoms with Gasteiger partial charge < -0.3 is 5.32 Å². The van der Waals surface area contributed by atoms with Gasteiger partial charge in [-0.05, 0) is 25.3 Å². The standard InChI is InChI=1S/C13H23N3/c1-11(2)9-16-10-12(8-15-16)13-6-4-3-5-7-14-13/h8,10-11,13-14H,3-7,9H2,1-2H3/t13-/m0/s1. The van der Waals surface area contributed by atoms with Crippen LogP contribution in [-0.4, -0.2) is 16.3 Å². The minimum Gasteiger partial charge on any atom is -0.310 e. The van der Waals surface area contributed by atoms with E-state index >= 15 is 0 Å². The van der Waals surface area contributed by atoms with Crippen molar-refractivity contribution in [1.29, 1.82) is 0 Å². The van der Waals surface area contributed by atoms with E-state index in [1.165, 1.54) is 31.2 Å². The quantitative estimate of drug-likeness (QED) is 0.850. The zero-order chi connectivity index (χ0) is 11.4. The summed E-state index contributed by atoms with van der Waals surface area (Å²) in [7, 11) is 0. The number of hydrogen-bond donors (Lipinski definition) is 1. The Hall–Kier alpha value is -0.830. The monoisotopic (exact) mass is 221 g/mol. The number of aromatic nitrogens is 2. The van der Waals surface area contributed by atoms with Crippen molar-refractivity contribution in [2.75, 3.05) is 6.54 Å². The SMILES string of the molecule is CC(C)Cn1cc([C@@H]2CCCCCN2)cn1. The van der Waals surface area contributed by atoms with Crippen molar-refractivity contribution in [3.05, 3.63) is 18.0 Å². The summed E-state index contributed by atoms with van der Waals surface area (Å²) in [4.78, 5) is 0. The minimum absolute atomic E-state index is 0.531. The van der Waals surface area contributed by atoms with Crippen LogP contribution in [0.5, 0.6) is 0 Å². The molecule has 0 unspecified atom stereocenters. The van der Waals surface area contributed by atoms with Gasteiger partial charge >= 0.3 is 0 Å². The third-order valence-corrected chi connectivity index (χ3v) is 3.17. The Morgan fingerprint density at radius 2 is 2.31 bits per heavy atom. The van der Waals surface area contributed by atoms with Gasteiger partial charge in [0.05, 0.1) is 6.20 Å². The molecule has 3 nitrogen and oxygen atoms in total. The molecule has 90 valence electrons. The molecule has 3 heteroatoms. The highest BCUT2D eigenvalue weighted by atomic mass is 15.3. The second-order valence-corrected chi connectivity index (χ2v) is 5.25. The zero-order valence-corrected chi connectivity index (χ0v) is 10.4. The van der Waals surface area contributed by atoms with Crippen molar-refractivity contribution >= 4 is 0 Å². The van der Waals surface area contributed by atoms with Gasteiger partial charge in [0.15, 0.2) is 0 Å². The highest BCUT2D eigenvalue weighted by Gasteiger charge is 2.15. The first-order valence-corrected chi connectivity index (χ1v) is 6.51. The van der Waals surface area contributed by atoms with E-state index in [2.05, 4.69) is 35.1 Å². The average Bonchev–Trinajstić information content (AvgIpc) is 2.53. The summed E-state index contributed by atoms with van der Waals surface area (Å²) in [5.41, 5.74) is 1.36. The van der Waals surface area contributed by atoms with E-state index < -0.39 is 0 Å². The maximum atomic E-state index is 4.44. The number of hydrogen-bond acceptors (Lipinski definition) is 2. The van der Waals surface area contributed by atoms with Crippen molar-refractivity contribution in [2.45, 2.75) is 52.1 Å². The molecule has 2 rings (SSSR count). The lowest BCUT2D eigenvalue weighted by atomic mass is 10.1. The highest BCUT2D eigenvalue weighted by Crippen LogP contribution is 2.22. The Kier molecular flexibility index (Phi) is 3.99. The van der Waals surface area contributed by atoms with E-state index in [-0.39, 0.29) is 0 Å². The topological polar surface area (TPSA) is 29.9 Å². The molecule has 1 atom stereocenters. The Morgan fingerprint density at radius 3 is 3.12 bits per heavy atom. The molecular formula is C13H23N3. The maximum absolute atomic E-state index is 4.44. The average molecular weight is 221 g/mol. The van der Waals surface area contributed by atoms with Gasteiger partial charge in [-0.1, -0.05) is 26.7 Å². The minimum atomic E-state index is 0.531. The molecule has 1 aliphatic rings. The van der Waals surface area contributed by atoms with Crippen molar-refractivity contribution in [2.24, 2.45) is 5.92 Å². The Bertz CT molecular complexity index is 309. The van der Waals surface area contributed by atoms with Crippen molar-refractivity contribution < 1.29 is 0 Å². The molecule has 1 aromatic rings. The molecule has 0 saturated carbocycles. The summed E-state index contributed by atoms with van der Waals surface area (Å²) in [6.07, 6.45) is 9.52. The van der Waals surface area contributed by atoms with Crippen LogP contribution in [-0.2, 0) is 6.54 Å². The van der Waals surface area contributed by atoms with E-state index in [0.717, 1.165) is 13.1 Å². The van der Waals surface area contributed by atoms with E-state index in [9.17, 15) is 0 Å². The van der Waals surface area contributed by atoms with Crippen LogP contribution in [0.2, 0.25) is 0 Å². The fourth-order valence-corrected chi connectivity index (χ4v) is 2.35. The summed E-state index contributed by atoms with van der Waals surface area (Å²) in [5.74, 6) is 0.662. The number of nitrogens with one attached hydrogen (secondary N) is 1. The van der Waals surface area contributed by atoms with Crippen LogP contribution in [0.1, 0.15) is 51.1 Å². The lowest BCUT2D eigenvalue weighted by Crippen LogP contribution is -2.19. The lowest BCUT2D eigenvalue weighted by molar-refractivity contribution is 0.480. The van der Waals surface area contributed by atoms with Crippen molar-refractivity contribution in [3.8, 4) is 0 Å². The normalized spacial score (nSPS) is 22.3. The maximum Gasteiger partial charge on any atom is 0.0537 e. The van der Waals surface area contributed by atoms with Crippen LogP contribution >= 0.6 is 0 Å². The second kappa shape index (κ2) is 5.48. The van der Waals surface area contributed by atoms with Crippen LogP contribution in [0, 0.1) is 5.92 Å². The molecule has 16 heavy (non-hydrogen) atoms. The van der Waals surface area contributed by atoms with Gasteiger partial charge in [0.1, 0.15) is 0 Å². The largest absolute Gasteiger partial charge is 0.310 e. The molecule has 0 amide bonds. The molecule has 1 aliphatic heterocycles. The smallest absolute Gasteiger partial charge is 0.0537 e. The molecule has 0 aromatic carbocycles. The molecular weight excluding hydrogens is 198 g/mol. The summed E-state index contributed by atoms with van der Waals surface area (Å²) in [6.45, 7) is 6.63. The summed E-state index contributed by atoms with van der Waals surface area (Å²) in [5, 5.41) is 8.05. The third kappa shape index (κ3) is 3.08. The molecule has 1 aromatic heterocycles. The molecule has 1 saturated heterocycles. The summed E-state index contributed by atoms with van der Waals surface area (Å²) < 4.78 is 2.08. The van der Waals surface area contributed by atoms with Gasteiger partial charge in [-0.3, -0.25) is 4.68 Å². The van der Waals surface area contributed by atoms with Crippen LogP contribution in [0.15, 0.2) is 12.4 Å². The third-order valence-electron chi connectivity index (χ3n) is 3.17. The van der Waals surface area contributed by atoms with E-state index in [0.29, 0.717) is 12.0 Å². The fourth-order valence-electron chi connectivity index (χ4n) is 2.35. The zero-order valence-electron chi connectivity index (χ0n) is 10.4. The molecule has 2 heterocycles. The first-order valence-electron chi connectivity index (χ1n) is 6.51. The summed E-state index contributed by atoms with van der Waals surface area (Å²) in [6, 6.07) is 0.531. The lowest BCUT2D eigenvalue weighted by Gasteiger charge is -2.13. The van der Waals surface area contributed by atoms with Gasteiger partial charge in [0.25, 0.3) is 0 Å². The number of nitrogens with zero attached hydrogens (tertiary/aromatic N) is 2. The van der Waals surface area contributed by atoms with Crippen molar-refractivity contribution in [3.63, 3.8) is 0 Å². The first kappa shape index (κ1) is 11.6. The van der Waals surface area contributed by atoms with Crippen LogP contribution in [0.25, 0.3) is 0 Å². The Labute approximate surface area is 98.2 Å². The molecule has 0 spiro atoms. The second-order valence-electron chi connectivity index (χ2n) is 5.25. The fraction of sp³-hybridized carbons (Fsp3) is 0.769. The highest BCUT2D eigenvalue weighted by molar-refractivity contribution is 5.10. The Morgan fingerprint density at radius 1 is 1.44 bits per heavy atom. The summed E-state index contributed by atoms with van der Waals surface area (Å²) >= 11 is 0. The van der Waals surface area contributed by atoms with E-state index in [4.69, 9.17) is 0 Å². The molecule has 1 N–H and O–H groups in total. The van der Waals surface area contributed by atoms with Gasteiger partial charge in [-0.25, -0.2) is 0 Å².